The second-order valence-corrected chi connectivity index (χ2v) is 21.8. The molecule has 3 aromatic carbocycles. The molecule has 0 radical (unpaired) electrons. The maximum Gasteiger partial charge on any atom is 0.326 e. The molecule has 1 aliphatic heterocycles. The summed E-state index contributed by atoms with van der Waals surface area (Å²) in [5.74, 6) is -4.05. The molecule has 0 spiro atoms. The van der Waals surface area contributed by atoms with Gasteiger partial charge < -0.3 is 44.5 Å². The Bertz CT molecular complexity index is 1980. The Balaban J connectivity index is 1.54. The number of nitrogens with one attached hydrogen (secondary N) is 2. The van der Waals surface area contributed by atoms with E-state index in [4.69, 9.17) is 23.7 Å². The summed E-state index contributed by atoms with van der Waals surface area (Å²) in [6.45, 7) is 6.65. The molecule has 0 aliphatic carbocycles. The van der Waals surface area contributed by atoms with Gasteiger partial charge in [0.1, 0.15) is 30.4 Å². The highest BCUT2D eigenvalue weighted by atomic mass is 16.7. The maximum absolute atomic E-state index is 14.7. The lowest BCUT2D eigenvalue weighted by Crippen LogP contribution is -2.61. The van der Waals surface area contributed by atoms with E-state index < -0.39 is 73.7 Å². The highest BCUT2D eigenvalue weighted by Crippen LogP contribution is 2.32. The summed E-state index contributed by atoms with van der Waals surface area (Å²) in [7, 11) is 0. The minimum atomic E-state index is -1.52. The minimum Gasteiger partial charge on any atom is -0.481 e. The zero-order valence-corrected chi connectivity index (χ0v) is 48.0. The number of aliphatic carboxylic acids is 2. The second-order valence-electron chi connectivity index (χ2n) is 21.8. The zero-order valence-electron chi connectivity index (χ0n) is 48.0. The van der Waals surface area contributed by atoms with Gasteiger partial charge in [0.25, 0.3) is 0 Å². The highest BCUT2D eigenvalue weighted by Gasteiger charge is 2.48. The molecule has 1 aliphatic rings. The normalized spacial score (nSPS) is 18.1. The van der Waals surface area contributed by atoms with Gasteiger partial charge in [0.05, 0.1) is 32.5 Å². The molecule has 436 valence electrons. The van der Waals surface area contributed by atoms with Crippen LogP contribution >= 0.6 is 0 Å². The van der Waals surface area contributed by atoms with Crippen LogP contribution in [0.5, 0.6) is 0 Å². The van der Waals surface area contributed by atoms with Gasteiger partial charge in [0.2, 0.25) is 11.8 Å². The van der Waals surface area contributed by atoms with Crippen molar-refractivity contribution in [3.63, 3.8) is 0 Å². The van der Waals surface area contributed by atoms with Gasteiger partial charge in [-0.05, 0) is 42.9 Å². The van der Waals surface area contributed by atoms with Crippen molar-refractivity contribution in [3.05, 3.63) is 108 Å². The molecule has 78 heavy (non-hydrogen) atoms. The fraction of sp³-hybridized carbons (Fsp3) is 0.662. The Labute approximate surface area is 469 Å². The van der Waals surface area contributed by atoms with E-state index in [-0.39, 0.29) is 38.1 Å². The van der Waals surface area contributed by atoms with Gasteiger partial charge in [0, 0.05) is 12.3 Å². The molecular weight excluding hydrogens is 985 g/mol. The van der Waals surface area contributed by atoms with Crippen LogP contribution in [-0.4, -0.2) is 83.4 Å². The average molecular weight is 1090 g/mol. The summed E-state index contributed by atoms with van der Waals surface area (Å²) < 4.78 is 33.4. The molecule has 1 saturated heterocycles. The van der Waals surface area contributed by atoms with Gasteiger partial charge >= 0.3 is 11.9 Å². The van der Waals surface area contributed by atoms with E-state index in [9.17, 15) is 29.4 Å². The molecular formula is C65H100N2O11. The third-order valence-corrected chi connectivity index (χ3v) is 15.1. The standard InChI is InChI=1S/C65H100N2O11/c1-4-6-8-10-12-14-16-18-20-22-24-35-43-55(44-36-25-23-21-19-17-15-13-11-9-7-5-2)62(70)67-57(63(71)66-56(64(72)73)45-46-58(68)69)50-77-65-61(76-49-54-41-33-28-34-42-54)60(75-48-53-39-31-27-32-40-53)59(51(3)78-65)74-47-52-37-29-26-30-38-52/h26-34,37-42,51,55-57,59-61,65H,4-25,35-36,43-50H2,1-3H3,(H,66,71)(H,67,70)(H,68,69)(H,72,73)/t51-,56-,57-,59+,60+,61-,65+/m0/s1. The van der Waals surface area contributed by atoms with E-state index in [2.05, 4.69) is 24.5 Å². The highest BCUT2D eigenvalue weighted by molar-refractivity contribution is 5.91. The molecule has 4 N–H and O–H groups in total. The number of carboxylic acid groups (broad SMARTS) is 2. The third-order valence-electron chi connectivity index (χ3n) is 15.1. The number of hydrogen-bond acceptors (Lipinski definition) is 9. The number of unbranched alkanes of at least 4 members (excludes halogenated alkanes) is 22. The fourth-order valence-corrected chi connectivity index (χ4v) is 10.3. The van der Waals surface area contributed by atoms with E-state index in [1.165, 1.54) is 116 Å². The van der Waals surface area contributed by atoms with Gasteiger partial charge in [-0.3, -0.25) is 14.4 Å². The summed E-state index contributed by atoms with van der Waals surface area (Å²) in [6, 6.07) is 26.4. The molecule has 3 aromatic rings. The molecule has 2 amide bonds. The Kier molecular flexibility index (Phi) is 34.9. The molecule has 4 rings (SSSR count). The summed E-state index contributed by atoms with van der Waals surface area (Å²) in [4.78, 5) is 53.1. The molecule has 1 fully saturated rings. The summed E-state index contributed by atoms with van der Waals surface area (Å²) >= 11 is 0. The van der Waals surface area contributed by atoms with Gasteiger partial charge in [-0.1, -0.05) is 259 Å². The summed E-state index contributed by atoms with van der Waals surface area (Å²) in [5, 5.41) is 25.1. The lowest BCUT2D eigenvalue weighted by molar-refractivity contribution is -0.320. The Morgan fingerprint density at radius 2 is 0.833 bits per heavy atom. The monoisotopic (exact) mass is 1080 g/mol. The van der Waals surface area contributed by atoms with Crippen LogP contribution in [0.25, 0.3) is 0 Å². The summed E-state index contributed by atoms with van der Waals surface area (Å²) in [5.41, 5.74) is 2.81. The number of carbonyl (C=O) groups is 4. The van der Waals surface area contributed by atoms with Gasteiger partial charge in [0.15, 0.2) is 6.29 Å². The van der Waals surface area contributed by atoms with Crippen LogP contribution in [-0.2, 0) is 62.7 Å². The maximum atomic E-state index is 14.7. The number of ether oxygens (including phenoxy) is 5. The smallest absolute Gasteiger partial charge is 0.326 e. The Morgan fingerprint density at radius 3 is 1.23 bits per heavy atom. The predicted molar refractivity (Wildman–Crippen MR) is 309 cm³/mol. The molecule has 13 nitrogen and oxygen atoms in total. The molecule has 0 saturated carbocycles. The first-order valence-electron chi connectivity index (χ1n) is 30.4. The van der Waals surface area contributed by atoms with Crippen molar-refractivity contribution in [2.24, 2.45) is 5.92 Å². The number of hydrogen-bond donors (Lipinski definition) is 4. The van der Waals surface area contributed by atoms with Crippen molar-refractivity contribution in [1.29, 1.82) is 0 Å². The predicted octanol–water partition coefficient (Wildman–Crippen LogP) is 14.2. The topological polar surface area (TPSA) is 179 Å². The van der Waals surface area contributed by atoms with E-state index >= 15 is 0 Å². The lowest BCUT2D eigenvalue weighted by atomic mass is 9.92. The minimum absolute atomic E-state index is 0.171. The van der Waals surface area contributed by atoms with Crippen molar-refractivity contribution in [3.8, 4) is 0 Å². The largest absolute Gasteiger partial charge is 0.481 e. The van der Waals surface area contributed by atoms with Crippen LogP contribution in [0.4, 0.5) is 0 Å². The first kappa shape index (κ1) is 65.9. The summed E-state index contributed by atoms with van der Waals surface area (Å²) in [6.07, 6.45) is 25.5. The SMILES string of the molecule is CCCCCCCCCCCCCCC(CCCCCCCCCCCCCC)C(=O)N[C@@H](CO[C@@H]1O[C@@H](C)[C@@H](OCc2ccccc2)[C@@H](OCc2ccccc2)[C@@H]1OCc1ccccc1)C(=O)N[C@@H](CCC(=O)O)C(=O)O. The zero-order chi connectivity index (χ0) is 55.8. The van der Waals surface area contributed by atoms with Crippen LogP contribution in [0.2, 0.25) is 0 Å². The van der Waals surface area contributed by atoms with Gasteiger partial charge in [-0.15, -0.1) is 0 Å². The molecule has 0 bridgehead atoms. The van der Waals surface area contributed by atoms with Crippen molar-refractivity contribution < 1.29 is 53.1 Å². The first-order chi connectivity index (χ1) is 38.1. The van der Waals surface area contributed by atoms with E-state index in [1.54, 1.807) is 0 Å². The van der Waals surface area contributed by atoms with Crippen LogP contribution in [0.15, 0.2) is 91.0 Å². The van der Waals surface area contributed by atoms with Crippen LogP contribution in [0.1, 0.15) is 217 Å². The van der Waals surface area contributed by atoms with E-state index in [1.807, 2.05) is 97.9 Å². The quantitative estimate of drug-likeness (QED) is 0.0396. The molecule has 7 atom stereocenters. The number of carbonyl (C=O) groups excluding carboxylic acids is 2. The number of rotatable bonds is 46. The molecule has 1 heterocycles. The average Bonchev–Trinajstić information content (AvgIpc) is 3.47. The van der Waals surface area contributed by atoms with Crippen LogP contribution in [0, 0.1) is 5.92 Å². The lowest BCUT2D eigenvalue weighted by Gasteiger charge is -2.45. The van der Waals surface area contributed by atoms with Crippen LogP contribution in [0.3, 0.4) is 0 Å². The third kappa shape index (κ3) is 28.0. The number of amides is 2. The fourth-order valence-electron chi connectivity index (χ4n) is 10.3. The number of carboxylic acids is 2. The van der Waals surface area contributed by atoms with Crippen molar-refractivity contribution in [2.45, 2.75) is 263 Å². The Hall–Kier alpha value is -4.66. The molecule has 0 unspecified atom stereocenters. The van der Waals surface area contributed by atoms with E-state index in [0.717, 1.165) is 55.2 Å². The van der Waals surface area contributed by atoms with E-state index in [0.29, 0.717) is 12.8 Å². The molecule has 0 aromatic heterocycles. The second kappa shape index (κ2) is 41.4. The van der Waals surface area contributed by atoms with Crippen LogP contribution < -0.4 is 10.6 Å². The number of benzene rings is 3. The van der Waals surface area contributed by atoms with Gasteiger partial charge in [-0.25, -0.2) is 4.79 Å². The van der Waals surface area contributed by atoms with Crippen molar-refractivity contribution >= 4 is 23.8 Å². The molecule has 13 heteroatoms. The first-order valence-corrected chi connectivity index (χ1v) is 30.4. The van der Waals surface area contributed by atoms with Crippen molar-refractivity contribution in [2.75, 3.05) is 6.61 Å². The Morgan fingerprint density at radius 1 is 0.462 bits per heavy atom. The van der Waals surface area contributed by atoms with Crippen molar-refractivity contribution in [1.82, 2.24) is 10.6 Å². The van der Waals surface area contributed by atoms with Gasteiger partial charge in [-0.2, -0.15) is 0 Å².